The number of carbonyl (C=O) groups is 1. The van der Waals surface area contributed by atoms with Gasteiger partial charge in [-0.25, -0.2) is 9.18 Å². The van der Waals surface area contributed by atoms with Crippen LogP contribution in [0.1, 0.15) is 30.1 Å². The van der Waals surface area contributed by atoms with Crippen molar-refractivity contribution in [2.45, 2.75) is 25.9 Å². The number of carbonyl (C=O) groups excluding carboxylic acids is 1. The lowest BCUT2D eigenvalue weighted by molar-refractivity contribution is 0.0513. The summed E-state index contributed by atoms with van der Waals surface area (Å²) in [6.45, 7) is 1.70. The highest BCUT2D eigenvalue weighted by atomic mass is 19.1. The predicted octanol–water partition coefficient (Wildman–Crippen LogP) is 2.99. The first kappa shape index (κ1) is 13.2. The van der Waals surface area contributed by atoms with Crippen molar-refractivity contribution in [2.24, 2.45) is 0 Å². The molecule has 90 valence electrons. The minimum Gasteiger partial charge on any atom is -0.461 e. The van der Waals surface area contributed by atoms with E-state index in [1.807, 2.05) is 6.07 Å². The third kappa shape index (κ3) is 5.72. The van der Waals surface area contributed by atoms with Crippen LogP contribution >= 0.6 is 0 Å². The van der Waals surface area contributed by atoms with Crippen molar-refractivity contribution in [3.8, 4) is 11.8 Å². The summed E-state index contributed by atoms with van der Waals surface area (Å²) in [5.74, 6) is 5.08. The van der Waals surface area contributed by atoms with E-state index >= 15 is 0 Å². The first-order chi connectivity index (χ1) is 8.20. The lowest BCUT2D eigenvalue weighted by Gasteiger charge is -2.01. The Morgan fingerprint density at radius 3 is 2.71 bits per heavy atom. The number of hydrogen-bond acceptors (Lipinski definition) is 2. The molecule has 1 aromatic rings. The van der Waals surface area contributed by atoms with Crippen LogP contribution in [0.4, 0.5) is 4.39 Å². The number of halogens is 1. The second kappa shape index (κ2) is 7.45. The second-order valence-electron chi connectivity index (χ2n) is 3.59. The molecule has 0 saturated carbocycles. The minimum absolute atomic E-state index is 0.229. The van der Waals surface area contributed by atoms with E-state index in [9.17, 15) is 9.18 Å². The first-order valence-electron chi connectivity index (χ1n) is 5.52. The minimum atomic E-state index is -0.908. The van der Waals surface area contributed by atoms with Gasteiger partial charge < -0.3 is 4.74 Å². The van der Waals surface area contributed by atoms with Crippen molar-refractivity contribution < 1.29 is 13.9 Å². The van der Waals surface area contributed by atoms with E-state index in [1.54, 1.807) is 24.3 Å². The van der Waals surface area contributed by atoms with E-state index in [0.29, 0.717) is 12.0 Å². The van der Waals surface area contributed by atoms with Crippen molar-refractivity contribution in [3.05, 3.63) is 35.9 Å². The lowest BCUT2D eigenvalue weighted by atomic mass is 10.2. The fourth-order valence-corrected chi connectivity index (χ4v) is 1.15. The van der Waals surface area contributed by atoms with Gasteiger partial charge in [0.2, 0.25) is 0 Å². The van der Waals surface area contributed by atoms with Crippen molar-refractivity contribution in [2.75, 3.05) is 6.61 Å². The predicted molar refractivity (Wildman–Crippen MR) is 64.3 cm³/mol. The normalized spacial score (nSPS) is 11.2. The average molecular weight is 234 g/mol. The Bertz CT molecular complexity index is 401. The Hall–Kier alpha value is -1.82. The molecule has 1 aromatic carbocycles. The Morgan fingerprint density at radius 1 is 1.35 bits per heavy atom. The molecule has 0 aliphatic rings. The Morgan fingerprint density at radius 2 is 2.06 bits per heavy atom. The molecule has 0 N–H and O–H groups in total. The highest BCUT2D eigenvalue weighted by molar-refractivity contribution is 5.89. The zero-order valence-electron chi connectivity index (χ0n) is 9.78. The standard InChI is InChI=1S/C14H15FO2/c1-12(15)8-4-3-7-11-17-14(16)13-9-5-2-6-10-13/h2,5-6,9-10,12H,7-8,11H2,1H3. The smallest absolute Gasteiger partial charge is 0.338 e. The summed E-state index contributed by atoms with van der Waals surface area (Å²) in [6, 6.07) is 8.77. The van der Waals surface area contributed by atoms with Crippen molar-refractivity contribution in [3.63, 3.8) is 0 Å². The monoisotopic (exact) mass is 234 g/mol. The van der Waals surface area contributed by atoms with Crippen LogP contribution in [0.2, 0.25) is 0 Å². The number of ether oxygens (including phenoxy) is 1. The summed E-state index contributed by atoms with van der Waals surface area (Å²) in [4.78, 5) is 11.5. The first-order valence-corrected chi connectivity index (χ1v) is 5.52. The Balaban J connectivity index is 2.23. The molecule has 0 radical (unpaired) electrons. The molecule has 3 heteroatoms. The average Bonchev–Trinajstić information content (AvgIpc) is 2.34. The molecule has 2 nitrogen and oxygen atoms in total. The van der Waals surface area contributed by atoms with E-state index < -0.39 is 6.17 Å². The number of alkyl halides is 1. The van der Waals surface area contributed by atoms with Gasteiger partial charge in [0, 0.05) is 12.8 Å². The zero-order chi connectivity index (χ0) is 12.5. The van der Waals surface area contributed by atoms with Gasteiger partial charge in [-0.1, -0.05) is 24.1 Å². The fourth-order valence-electron chi connectivity index (χ4n) is 1.15. The summed E-state index contributed by atoms with van der Waals surface area (Å²) >= 11 is 0. The quantitative estimate of drug-likeness (QED) is 0.455. The topological polar surface area (TPSA) is 26.3 Å². The molecule has 0 aliphatic carbocycles. The van der Waals surface area contributed by atoms with Gasteiger partial charge in [0.25, 0.3) is 0 Å². The summed E-state index contributed by atoms with van der Waals surface area (Å²) < 4.78 is 17.4. The van der Waals surface area contributed by atoms with Gasteiger partial charge in [0.05, 0.1) is 5.56 Å². The zero-order valence-corrected chi connectivity index (χ0v) is 9.78. The van der Waals surface area contributed by atoms with Crippen LogP contribution in [0.15, 0.2) is 30.3 Å². The molecular formula is C14H15FO2. The maximum Gasteiger partial charge on any atom is 0.338 e. The molecule has 0 spiro atoms. The van der Waals surface area contributed by atoms with Crippen LogP contribution in [0.3, 0.4) is 0 Å². The molecular weight excluding hydrogens is 219 g/mol. The van der Waals surface area contributed by atoms with Gasteiger partial charge in [-0.3, -0.25) is 0 Å². The summed E-state index contributed by atoms with van der Waals surface area (Å²) in [5.41, 5.74) is 0.526. The SMILES string of the molecule is CC(F)CC#CCCOC(=O)c1ccccc1. The number of esters is 1. The van der Waals surface area contributed by atoms with Crippen LogP contribution in [0, 0.1) is 11.8 Å². The summed E-state index contributed by atoms with van der Waals surface area (Å²) in [7, 11) is 0. The Kier molecular flexibility index (Phi) is 5.81. The largest absolute Gasteiger partial charge is 0.461 e. The van der Waals surface area contributed by atoms with E-state index in [0.717, 1.165) is 0 Å². The van der Waals surface area contributed by atoms with Crippen molar-refractivity contribution in [1.29, 1.82) is 0 Å². The molecule has 0 aliphatic heterocycles. The van der Waals surface area contributed by atoms with E-state index in [4.69, 9.17) is 4.74 Å². The molecule has 1 atom stereocenters. The summed E-state index contributed by atoms with van der Waals surface area (Å²) in [6.07, 6.45) is -0.243. The number of rotatable bonds is 4. The number of hydrogen-bond donors (Lipinski definition) is 0. The van der Waals surface area contributed by atoms with Gasteiger partial charge in [0.1, 0.15) is 12.8 Å². The molecule has 1 unspecified atom stereocenters. The molecule has 0 aromatic heterocycles. The summed E-state index contributed by atoms with van der Waals surface area (Å²) in [5, 5.41) is 0. The molecule has 0 fully saturated rings. The highest BCUT2D eigenvalue weighted by Crippen LogP contribution is 2.01. The molecule has 0 heterocycles. The van der Waals surface area contributed by atoms with Crippen LogP contribution in [0.25, 0.3) is 0 Å². The van der Waals surface area contributed by atoms with E-state index in [2.05, 4.69) is 11.8 Å². The van der Waals surface area contributed by atoms with Gasteiger partial charge in [-0.15, -0.1) is 5.92 Å². The maximum atomic E-state index is 12.4. The molecule has 1 rings (SSSR count). The maximum absolute atomic E-state index is 12.4. The van der Waals surface area contributed by atoms with E-state index in [-0.39, 0.29) is 19.0 Å². The van der Waals surface area contributed by atoms with Gasteiger partial charge in [-0.2, -0.15) is 0 Å². The second-order valence-corrected chi connectivity index (χ2v) is 3.59. The highest BCUT2D eigenvalue weighted by Gasteiger charge is 2.04. The fraction of sp³-hybridized carbons (Fsp3) is 0.357. The van der Waals surface area contributed by atoms with Crippen LogP contribution in [-0.4, -0.2) is 18.7 Å². The van der Waals surface area contributed by atoms with Crippen LogP contribution in [0.5, 0.6) is 0 Å². The van der Waals surface area contributed by atoms with E-state index in [1.165, 1.54) is 6.92 Å². The van der Waals surface area contributed by atoms with Gasteiger partial charge in [0.15, 0.2) is 0 Å². The lowest BCUT2D eigenvalue weighted by Crippen LogP contribution is -2.05. The third-order valence-electron chi connectivity index (χ3n) is 1.98. The van der Waals surface area contributed by atoms with Crippen molar-refractivity contribution >= 4 is 5.97 Å². The van der Waals surface area contributed by atoms with Crippen LogP contribution < -0.4 is 0 Å². The molecule has 0 bridgehead atoms. The van der Waals surface area contributed by atoms with Gasteiger partial charge in [-0.05, 0) is 19.1 Å². The van der Waals surface area contributed by atoms with Gasteiger partial charge >= 0.3 is 5.97 Å². The molecule has 0 saturated heterocycles. The Labute approximate surface area is 101 Å². The van der Waals surface area contributed by atoms with Crippen LogP contribution in [-0.2, 0) is 4.74 Å². The third-order valence-corrected chi connectivity index (χ3v) is 1.98. The van der Waals surface area contributed by atoms with Crippen molar-refractivity contribution in [1.82, 2.24) is 0 Å². The molecule has 17 heavy (non-hydrogen) atoms. The number of benzene rings is 1. The molecule has 0 amide bonds.